The summed E-state index contributed by atoms with van der Waals surface area (Å²) in [5.74, 6) is -0.792. The minimum Gasteiger partial charge on any atom is -0.504 e. The number of phenols is 1. The molecule has 0 aromatic heterocycles. The van der Waals surface area contributed by atoms with Gasteiger partial charge in [-0.15, -0.1) is 0 Å². The molecule has 2 rings (SSSR count). The van der Waals surface area contributed by atoms with E-state index in [4.69, 9.17) is 16.3 Å². The molecule has 0 radical (unpaired) electrons. The Hall–Kier alpha value is -1.00. The number of aromatic hydroxyl groups is 1. The second-order valence-electron chi connectivity index (χ2n) is 4.17. The summed E-state index contributed by atoms with van der Waals surface area (Å²) in [6, 6.07) is 1.50. The van der Waals surface area contributed by atoms with Crippen LogP contribution < -0.4 is 10.1 Å². The maximum absolute atomic E-state index is 13.6. The summed E-state index contributed by atoms with van der Waals surface area (Å²) < 4.78 is 18.4. The molecule has 0 spiro atoms. The molecule has 1 heterocycles. The van der Waals surface area contributed by atoms with E-state index in [0.717, 1.165) is 25.9 Å². The third-order valence-electron chi connectivity index (χ3n) is 3.16. The molecule has 1 saturated heterocycles. The molecule has 0 aliphatic carbocycles. The molecule has 1 aliphatic rings. The fourth-order valence-electron chi connectivity index (χ4n) is 2.24. The van der Waals surface area contributed by atoms with Crippen LogP contribution >= 0.6 is 11.6 Å². The van der Waals surface area contributed by atoms with Gasteiger partial charge >= 0.3 is 0 Å². The van der Waals surface area contributed by atoms with Gasteiger partial charge in [0.15, 0.2) is 17.3 Å². The van der Waals surface area contributed by atoms with E-state index < -0.39 is 5.82 Å². The summed E-state index contributed by atoms with van der Waals surface area (Å²) in [5.41, 5.74) is 0.676. The van der Waals surface area contributed by atoms with Gasteiger partial charge in [-0.1, -0.05) is 11.6 Å². The number of rotatable bonds is 2. The van der Waals surface area contributed by atoms with Crippen LogP contribution in [0.25, 0.3) is 0 Å². The molecule has 1 aromatic rings. The molecule has 17 heavy (non-hydrogen) atoms. The van der Waals surface area contributed by atoms with Gasteiger partial charge in [0.05, 0.1) is 12.1 Å². The monoisotopic (exact) mass is 259 g/mol. The number of halogens is 2. The molecule has 0 atom stereocenters. The van der Waals surface area contributed by atoms with Gasteiger partial charge in [0.1, 0.15) is 0 Å². The van der Waals surface area contributed by atoms with Crippen molar-refractivity contribution in [2.24, 2.45) is 0 Å². The first kappa shape index (κ1) is 12.5. The van der Waals surface area contributed by atoms with Crippen LogP contribution in [0.2, 0.25) is 5.02 Å². The van der Waals surface area contributed by atoms with Gasteiger partial charge < -0.3 is 15.2 Å². The highest BCUT2D eigenvalue weighted by molar-refractivity contribution is 6.31. The van der Waals surface area contributed by atoms with Gasteiger partial charge in [-0.25, -0.2) is 4.39 Å². The average molecular weight is 260 g/mol. The van der Waals surface area contributed by atoms with Crippen molar-refractivity contribution < 1.29 is 14.2 Å². The van der Waals surface area contributed by atoms with Crippen LogP contribution in [-0.2, 0) is 0 Å². The highest BCUT2D eigenvalue weighted by atomic mass is 35.5. The molecule has 0 bridgehead atoms. The lowest BCUT2D eigenvalue weighted by Gasteiger charge is -2.24. The predicted octanol–water partition coefficient (Wildman–Crippen LogP) is 2.66. The summed E-state index contributed by atoms with van der Waals surface area (Å²) >= 11 is 5.81. The van der Waals surface area contributed by atoms with E-state index in [9.17, 15) is 9.50 Å². The first-order valence-corrected chi connectivity index (χ1v) is 5.98. The number of benzene rings is 1. The zero-order chi connectivity index (χ0) is 12.4. The fourth-order valence-corrected chi connectivity index (χ4v) is 2.45. The standard InChI is InChI=1S/C12H15ClFNO2/c1-17-12-10(14)9(13)6-8(11(12)16)7-2-4-15-5-3-7/h6-7,15-16H,2-5H2,1H3. The van der Waals surface area contributed by atoms with Crippen molar-refractivity contribution in [1.82, 2.24) is 5.32 Å². The van der Waals surface area contributed by atoms with Crippen LogP contribution in [0.5, 0.6) is 11.5 Å². The number of hydrogen-bond donors (Lipinski definition) is 2. The zero-order valence-electron chi connectivity index (χ0n) is 9.59. The lowest BCUT2D eigenvalue weighted by molar-refractivity contribution is 0.343. The number of phenolic OH excluding ortho intramolecular Hbond substituents is 1. The Kier molecular flexibility index (Phi) is 3.74. The molecule has 0 saturated carbocycles. The van der Waals surface area contributed by atoms with Gasteiger partial charge in [0, 0.05) is 5.56 Å². The van der Waals surface area contributed by atoms with Gasteiger partial charge in [-0.05, 0) is 37.9 Å². The maximum atomic E-state index is 13.6. The summed E-state index contributed by atoms with van der Waals surface area (Å²) in [6.45, 7) is 1.78. The number of methoxy groups -OCH3 is 1. The number of ether oxygens (including phenoxy) is 1. The van der Waals surface area contributed by atoms with Gasteiger partial charge in [-0.3, -0.25) is 0 Å². The smallest absolute Gasteiger partial charge is 0.198 e. The Bertz CT molecular complexity index is 419. The summed E-state index contributed by atoms with van der Waals surface area (Å²) in [7, 11) is 1.32. The van der Waals surface area contributed by atoms with Crippen molar-refractivity contribution in [3.8, 4) is 11.5 Å². The zero-order valence-corrected chi connectivity index (χ0v) is 10.4. The van der Waals surface area contributed by atoms with Crippen molar-refractivity contribution in [3.63, 3.8) is 0 Å². The van der Waals surface area contributed by atoms with E-state index in [-0.39, 0.29) is 22.4 Å². The Morgan fingerprint density at radius 1 is 1.47 bits per heavy atom. The minimum atomic E-state index is -0.704. The van der Waals surface area contributed by atoms with Crippen LogP contribution in [0.1, 0.15) is 24.3 Å². The molecule has 2 N–H and O–H groups in total. The molecule has 1 fully saturated rings. The predicted molar refractivity (Wildman–Crippen MR) is 64.5 cm³/mol. The van der Waals surface area contributed by atoms with Crippen molar-refractivity contribution >= 4 is 11.6 Å². The number of piperidine rings is 1. The molecule has 5 heteroatoms. The van der Waals surface area contributed by atoms with E-state index in [0.29, 0.717) is 5.56 Å². The second-order valence-corrected chi connectivity index (χ2v) is 4.57. The van der Waals surface area contributed by atoms with E-state index in [2.05, 4.69) is 5.32 Å². The van der Waals surface area contributed by atoms with Crippen molar-refractivity contribution in [2.75, 3.05) is 20.2 Å². The largest absolute Gasteiger partial charge is 0.504 e. The topological polar surface area (TPSA) is 41.5 Å². The van der Waals surface area contributed by atoms with E-state index in [1.54, 1.807) is 0 Å². The average Bonchev–Trinajstić information content (AvgIpc) is 2.36. The third kappa shape index (κ3) is 2.33. The molecule has 1 aliphatic heterocycles. The Labute approximate surface area is 105 Å². The van der Waals surface area contributed by atoms with E-state index >= 15 is 0 Å². The lowest BCUT2D eigenvalue weighted by Crippen LogP contribution is -2.26. The highest BCUT2D eigenvalue weighted by Gasteiger charge is 2.24. The normalized spacial score (nSPS) is 17.1. The van der Waals surface area contributed by atoms with Crippen LogP contribution in [0.15, 0.2) is 6.07 Å². The number of hydrogen-bond acceptors (Lipinski definition) is 3. The Morgan fingerprint density at radius 3 is 2.71 bits per heavy atom. The molecule has 3 nitrogen and oxygen atoms in total. The van der Waals surface area contributed by atoms with Crippen LogP contribution in [0.4, 0.5) is 4.39 Å². The van der Waals surface area contributed by atoms with Crippen molar-refractivity contribution in [2.45, 2.75) is 18.8 Å². The molecule has 0 amide bonds. The van der Waals surface area contributed by atoms with Crippen LogP contribution in [0, 0.1) is 5.82 Å². The molecule has 0 unspecified atom stereocenters. The Morgan fingerprint density at radius 2 is 2.12 bits per heavy atom. The third-order valence-corrected chi connectivity index (χ3v) is 3.44. The van der Waals surface area contributed by atoms with Crippen LogP contribution in [0.3, 0.4) is 0 Å². The van der Waals surface area contributed by atoms with E-state index in [1.165, 1.54) is 13.2 Å². The van der Waals surface area contributed by atoms with Crippen LogP contribution in [-0.4, -0.2) is 25.3 Å². The van der Waals surface area contributed by atoms with Crippen molar-refractivity contribution in [1.29, 1.82) is 0 Å². The van der Waals surface area contributed by atoms with Crippen molar-refractivity contribution in [3.05, 3.63) is 22.5 Å². The summed E-state index contributed by atoms with van der Waals surface area (Å²) in [5, 5.41) is 13.2. The SMILES string of the molecule is COc1c(O)c(C2CCNCC2)cc(Cl)c1F. The molecular weight excluding hydrogens is 245 g/mol. The maximum Gasteiger partial charge on any atom is 0.198 e. The second kappa shape index (κ2) is 5.10. The highest BCUT2D eigenvalue weighted by Crippen LogP contribution is 2.42. The Balaban J connectivity index is 2.42. The van der Waals surface area contributed by atoms with Gasteiger partial charge in [0.25, 0.3) is 0 Å². The fraction of sp³-hybridized carbons (Fsp3) is 0.500. The molecule has 94 valence electrons. The first-order chi connectivity index (χ1) is 8.15. The summed E-state index contributed by atoms with van der Waals surface area (Å²) in [4.78, 5) is 0. The molecule has 1 aromatic carbocycles. The van der Waals surface area contributed by atoms with Gasteiger partial charge in [-0.2, -0.15) is 0 Å². The minimum absolute atomic E-state index is 0.00631. The first-order valence-electron chi connectivity index (χ1n) is 5.60. The quantitative estimate of drug-likeness (QED) is 0.858. The number of nitrogens with one attached hydrogen (secondary N) is 1. The lowest BCUT2D eigenvalue weighted by atomic mass is 9.89. The van der Waals surface area contributed by atoms with E-state index in [1.807, 2.05) is 0 Å². The molecular formula is C12H15ClFNO2. The van der Waals surface area contributed by atoms with Gasteiger partial charge in [0.2, 0.25) is 0 Å². The summed E-state index contributed by atoms with van der Waals surface area (Å²) in [6.07, 6.45) is 1.80.